The van der Waals surface area contributed by atoms with Crippen molar-refractivity contribution in [1.82, 2.24) is 9.88 Å². The largest absolute Gasteiger partial charge is 0.368 e. The van der Waals surface area contributed by atoms with Crippen molar-refractivity contribution in [3.63, 3.8) is 0 Å². The Bertz CT molecular complexity index is 729. The molecule has 0 aliphatic carbocycles. The fourth-order valence-corrected chi connectivity index (χ4v) is 3.56. The van der Waals surface area contributed by atoms with Gasteiger partial charge >= 0.3 is 0 Å². The zero-order valence-electron chi connectivity index (χ0n) is 12.4. The number of carbonyl (C=O) groups excluding carboxylic acids is 2. The fraction of sp³-hybridized carbons (Fsp3) is 0.312. The van der Waals surface area contributed by atoms with Gasteiger partial charge in [-0.2, -0.15) is 0 Å². The minimum atomic E-state index is -0.502. The van der Waals surface area contributed by atoms with E-state index in [1.807, 2.05) is 5.38 Å². The van der Waals surface area contributed by atoms with Gasteiger partial charge in [0.1, 0.15) is 16.9 Å². The van der Waals surface area contributed by atoms with Crippen LogP contribution in [0.2, 0.25) is 0 Å². The first kappa shape index (κ1) is 15.6. The van der Waals surface area contributed by atoms with E-state index in [2.05, 4.69) is 4.98 Å². The number of likely N-dealkylation sites (tertiary alicyclic amines) is 1. The van der Waals surface area contributed by atoms with Crippen LogP contribution in [0.1, 0.15) is 18.5 Å². The van der Waals surface area contributed by atoms with Crippen LogP contribution in [0, 0.1) is 5.82 Å². The van der Waals surface area contributed by atoms with Gasteiger partial charge in [0.25, 0.3) is 0 Å². The summed E-state index contributed by atoms with van der Waals surface area (Å²) >= 11 is 1.40. The number of aromatic nitrogens is 1. The van der Waals surface area contributed by atoms with Gasteiger partial charge < -0.3 is 10.6 Å². The summed E-state index contributed by atoms with van der Waals surface area (Å²) in [5.74, 6) is -0.893. The van der Waals surface area contributed by atoms with E-state index in [0.29, 0.717) is 18.7 Å². The van der Waals surface area contributed by atoms with Crippen LogP contribution in [0.4, 0.5) is 4.39 Å². The zero-order valence-corrected chi connectivity index (χ0v) is 13.2. The molecule has 0 saturated carbocycles. The number of carbonyl (C=O) groups is 2. The molecule has 2 N–H and O–H groups in total. The molecule has 3 rings (SSSR count). The predicted molar refractivity (Wildman–Crippen MR) is 85.1 cm³/mol. The third-order valence-electron chi connectivity index (χ3n) is 3.88. The molecular weight excluding hydrogens is 317 g/mol. The van der Waals surface area contributed by atoms with E-state index in [1.165, 1.54) is 23.5 Å². The lowest BCUT2D eigenvalue weighted by molar-refractivity contribution is -0.136. The number of primary amides is 1. The van der Waals surface area contributed by atoms with Gasteiger partial charge in [-0.1, -0.05) is 0 Å². The van der Waals surface area contributed by atoms with Gasteiger partial charge in [-0.05, 0) is 37.1 Å². The maximum absolute atomic E-state index is 12.9. The number of rotatable bonds is 4. The van der Waals surface area contributed by atoms with E-state index in [-0.39, 0.29) is 18.1 Å². The van der Waals surface area contributed by atoms with Gasteiger partial charge in [0.05, 0.1) is 12.1 Å². The number of halogens is 1. The van der Waals surface area contributed by atoms with Gasteiger partial charge in [-0.3, -0.25) is 9.59 Å². The molecule has 7 heteroatoms. The number of benzene rings is 1. The number of amides is 2. The number of hydrogen-bond donors (Lipinski definition) is 1. The summed E-state index contributed by atoms with van der Waals surface area (Å²) < 4.78 is 12.9. The zero-order chi connectivity index (χ0) is 16.4. The maximum atomic E-state index is 12.9. The molecule has 1 aromatic carbocycles. The number of nitrogens with two attached hydrogens (primary N) is 1. The van der Waals surface area contributed by atoms with Crippen molar-refractivity contribution in [3.8, 4) is 10.6 Å². The second-order valence-corrected chi connectivity index (χ2v) is 6.33. The number of hydrogen-bond acceptors (Lipinski definition) is 4. The summed E-state index contributed by atoms with van der Waals surface area (Å²) in [6.45, 7) is 0.557. The molecule has 0 unspecified atom stereocenters. The first-order valence-electron chi connectivity index (χ1n) is 7.34. The SMILES string of the molecule is NC(=O)[C@@H]1CCCN1C(=O)Cc1csc(-c2ccc(F)cc2)n1. The van der Waals surface area contributed by atoms with Crippen molar-refractivity contribution in [3.05, 3.63) is 41.2 Å². The van der Waals surface area contributed by atoms with Crippen LogP contribution in [0.25, 0.3) is 10.6 Å². The molecule has 0 bridgehead atoms. The molecule has 2 aromatic rings. The Morgan fingerprint density at radius 2 is 2.09 bits per heavy atom. The second-order valence-electron chi connectivity index (χ2n) is 5.48. The molecule has 2 amide bonds. The molecule has 1 aliphatic rings. The first-order chi connectivity index (χ1) is 11.0. The molecule has 1 aromatic heterocycles. The summed E-state index contributed by atoms with van der Waals surface area (Å²) in [7, 11) is 0. The van der Waals surface area contributed by atoms with Gasteiger partial charge in [0.2, 0.25) is 11.8 Å². The normalized spacial score (nSPS) is 17.4. The summed E-state index contributed by atoms with van der Waals surface area (Å²) in [4.78, 5) is 29.7. The maximum Gasteiger partial charge on any atom is 0.240 e. The van der Waals surface area contributed by atoms with Gasteiger partial charge in [0, 0.05) is 17.5 Å². The van der Waals surface area contributed by atoms with Crippen molar-refractivity contribution < 1.29 is 14.0 Å². The van der Waals surface area contributed by atoms with Crippen molar-refractivity contribution in [2.24, 2.45) is 5.73 Å². The minimum absolute atomic E-state index is 0.137. The lowest BCUT2D eigenvalue weighted by Gasteiger charge is -2.21. The minimum Gasteiger partial charge on any atom is -0.368 e. The van der Waals surface area contributed by atoms with Crippen molar-refractivity contribution in [1.29, 1.82) is 0 Å². The van der Waals surface area contributed by atoms with Crippen molar-refractivity contribution in [2.75, 3.05) is 6.54 Å². The molecule has 0 radical (unpaired) electrons. The van der Waals surface area contributed by atoms with E-state index in [1.54, 1.807) is 17.0 Å². The molecule has 1 fully saturated rings. The highest BCUT2D eigenvalue weighted by Crippen LogP contribution is 2.25. The smallest absolute Gasteiger partial charge is 0.240 e. The highest BCUT2D eigenvalue weighted by molar-refractivity contribution is 7.13. The molecular formula is C16H16FN3O2S. The highest BCUT2D eigenvalue weighted by atomic mass is 32.1. The average molecular weight is 333 g/mol. The Hall–Kier alpha value is -2.28. The fourth-order valence-electron chi connectivity index (χ4n) is 2.73. The average Bonchev–Trinajstić information content (AvgIpc) is 3.16. The molecule has 2 heterocycles. The number of thiazole rings is 1. The molecule has 1 saturated heterocycles. The summed E-state index contributed by atoms with van der Waals surface area (Å²) in [6, 6.07) is 5.57. The van der Waals surface area contributed by atoms with Crippen LogP contribution in [0.3, 0.4) is 0 Å². The molecule has 1 aliphatic heterocycles. The van der Waals surface area contributed by atoms with Crippen LogP contribution < -0.4 is 5.73 Å². The summed E-state index contributed by atoms with van der Waals surface area (Å²) in [5, 5.41) is 2.55. The lowest BCUT2D eigenvalue weighted by Crippen LogP contribution is -2.44. The second kappa shape index (κ2) is 6.45. The van der Waals surface area contributed by atoms with E-state index in [9.17, 15) is 14.0 Å². The monoisotopic (exact) mass is 333 g/mol. The Balaban J connectivity index is 1.70. The lowest BCUT2D eigenvalue weighted by atomic mass is 10.2. The van der Waals surface area contributed by atoms with Crippen LogP contribution in [0.5, 0.6) is 0 Å². The van der Waals surface area contributed by atoms with E-state index in [0.717, 1.165) is 17.0 Å². The van der Waals surface area contributed by atoms with Gasteiger partial charge in [-0.15, -0.1) is 11.3 Å². The third kappa shape index (κ3) is 3.39. The van der Waals surface area contributed by atoms with Crippen molar-refractivity contribution >= 4 is 23.2 Å². The first-order valence-corrected chi connectivity index (χ1v) is 8.21. The van der Waals surface area contributed by atoms with Gasteiger partial charge in [-0.25, -0.2) is 9.37 Å². The van der Waals surface area contributed by atoms with E-state index >= 15 is 0 Å². The topological polar surface area (TPSA) is 76.3 Å². The Morgan fingerprint density at radius 3 is 2.78 bits per heavy atom. The van der Waals surface area contributed by atoms with Crippen LogP contribution >= 0.6 is 11.3 Å². The summed E-state index contributed by atoms with van der Waals surface area (Å²) in [5.41, 5.74) is 6.79. The Morgan fingerprint density at radius 1 is 1.35 bits per heavy atom. The van der Waals surface area contributed by atoms with Crippen molar-refractivity contribution in [2.45, 2.75) is 25.3 Å². The van der Waals surface area contributed by atoms with E-state index in [4.69, 9.17) is 5.73 Å². The Kier molecular flexibility index (Phi) is 4.38. The van der Waals surface area contributed by atoms with E-state index < -0.39 is 11.9 Å². The summed E-state index contributed by atoms with van der Waals surface area (Å²) in [6.07, 6.45) is 1.55. The molecule has 23 heavy (non-hydrogen) atoms. The molecule has 1 atom stereocenters. The van der Waals surface area contributed by atoms with Crippen LogP contribution in [0.15, 0.2) is 29.6 Å². The quantitative estimate of drug-likeness (QED) is 0.929. The Labute approximate surface area is 136 Å². The van der Waals surface area contributed by atoms with Gasteiger partial charge in [0.15, 0.2) is 0 Å². The molecule has 5 nitrogen and oxygen atoms in total. The highest BCUT2D eigenvalue weighted by Gasteiger charge is 2.32. The standard InChI is InChI=1S/C16H16FN3O2S/c17-11-5-3-10(4-6-11)16-19-12(9-23-16)8-14(21)20-7-1-2-13(20)15(18)22/h3-6,9,13H,1-2,7-8H2,(H2,18,22)/t13-/m0/s1. The van der Waals surface area contributed by atoms with Crippen LogP contribution in [-0.2, 0) is 16.0 Å². The predicted octanol–water partition coefficient (Wildman–Crippen LogP) is 1.97. The number of nitrogens with zero attached hydrogens (tertiary/aromatic N) is 2. The third-order valence-corrected chi connectivity index (χ3v) is 4.82. The molecule has 120 valence electrons. The molecule has 0 spiro atoms. The van der Waals surface area contributed by atoms with Crippen LogP contribution in [-0.4, -0.2) is 34.3 Å².